The lowest BCUT2D eigenvalue weighted by Gasteiger charge is -2.41. The van der Waals surface area contributed by atoms with E-state index in [2.05, 4.69) is 20.1 Å². The average Bonchev–Trinajstić information content (AvgIpc) is 3.60. The first-order chi connectivity index (χ1) is 23.0. The molecule has 1 N–H and O–H groups in total. The molecule has 1 spiro atoms. The van der Waals surface area contributed by atoms with Crippen LogP contribution in [0.15, 0.2) is 79.9 Å². The van der Waals surface area contributed by atoms with Gasteiger partial charge in [-0.25, -0.2) is 0 Å². The van der Waals surface area contributed by atoms with Gasteiger partial charge in [0.15, 0.2) is 0 Å². The van der Waals surface area contributed by atoms with Crippen LogP contribution in [0.4, 0.5) is 5.69 Å². The van der Waals surface area contributed by atoms with Crippen LogP contribution in [0.5, 0.6) is 5.75 Å². The minimum Gasteiger partial charge on any atom is -0.494 e. The van der Waals surface area contributed by atoms with Gasteiger partial charge in [-0.05, 0) is 69.4 Å². The zero-order valence-corrected chi connectivity index (χ0v) is 29.0. The number of aliphatic hydroxyl groups excluding tert-OH is 1. The van der Waals surface area contributed by atoms with Gasteiger partial charge in [-0.15, -0.1) is 13.2 Å². The number of anilines is 1. The maximum atomic E-state index is 15.1. The van der Waals surface area contributed by atoms with Crippen molar-refractivity contribution in [2.75, 3.05) is 31.2 Å². The van der Waals surface area contributed by atoms with Crippen LogP contribution >= 0.6 is 0 Å². The Labute approximate surface area is 285 Å². The van der Waals surface area contributed by atoms with Crippen molar-refractivity contribution in [1.82, 2.24) is 9.80 Å². The molecule has 258 valence electrons. The minimum absolute atomic E-state index is 0.121. The van der Waals surface area contributed by atoms with Crippen molar-refractivity contribution in [3.8, 4) is 5.75 Å². The fourth-order valence-electron chi connectivity index (χ4n) is 8.56. The molecule has 48 heavy (non-hydrogen) atoms. The molecule has 3 heterocycles. The predicted molar refractivity (Wildman–Crippen MR) is 186 cm³/mol. The molecule has 4 unspecified atom stereocenters. The lowest BCUT2D eigenvalue weighted by atomic mass is 9.62. The first-order valence-electron chi connectivity index (χ1n) is 17.3. The molecule has 2 aromatic rings. The van der Waals surface area contributed by atoms with Gasteiger partial charge in [0.2, 0.25) is 17.7 Å². The average molecular weight is 658 g/mol. The lowest BCUT2D eigenvalue weighted by molar-refractivity contribution is -0.157. The highest BCUT2D eigenvalue weighted by Gasteiger charge is 2.80. The molecule has 0 aliphatic carbocycles. The number of benzene rings is 2. The van der Waals surface area contributed by atoms with Gasteiger partial charge < -0.3 is 29.3 Å². The molecule has 3 amide bonds. The van der Waals surface area contributed by atoms with Crippen LogP contribution in [0, 0.1) is 17.8 Å². The fourth-order valence-corrected chi connectivity index (χ4v) is 8.56. The number of aliphatic hydroxyl groups is 1. The summed E-state index contributed by atoms with van der Waals surface area (Å²) in [4.78, 5) is 50.0. The molecular formula is C39H51N3O6. The second-order valence-electron chi connectivity index (χ2n) is 13.6. The number of rotatable bonds is 15. The van der Waals surface area contributed by atoms with Gasteiger partial charge in [0, 0.05) is 24.8 Å². The van der Waals surface area contributed by atoms with Crippen LogP contribution in [0.3, 0.4) is 0 Å². The summed E-state index contributed by atoms with van der Waals surface area (Å²) in [6, 6.07) is 14.6. The maximum absolute atomic E-state index is 15.1. The summed E-state index contributed by atoms with van der Waals surface area (Å²) >= 11 is 0. The van der Waals surface area contributed by atoms with Gasteiger partial charge in [-0.2, -0.15) is 0 Å². The van der Waals surface area contributed by atoms with E-state index in [1.807, 2.05) is 82.3 Å². The number of hydrogen-bond acceptors (Lipinski definition) is 6. The van der Waals surface area contributed by atoms with Gasteiger partial charge in [0.1, 0.15) is 17.4 Å². The zero-order valence-electron chi connectivity index (χ0n) is 29.0. The van der Waals surface area contributed by atoms with Gasteiger partial charge in [0.05, 0.1) is 36.7 Å². The van der Waals surface area contributed by atoms with Crippen molar-refractivity contribution in [2.24, 2.45) is 17.8 Å². The second-order valence-corrected chi connectivity index (χ2v) is 13.6. The third-order valence-electron chi connectivity index (χ3n) is 10.8. The summed E-state index contributed by atoms with van der Waals surface area (Å²) in [5, 5.41) is 10.9. The summed E-state index contributed by atoms with van der Waals surface area (Å²) in [7, 11) is 0. The Kier molecular flexibility index (Phi) is 10.5. The number of amides is 3. The Morgan fingerprint density at radius 3 is 2.33 bits per heavy atom. The third-order valence-corrected chi connectivity index (χ3v) is 10.8. The van der Waals surface area contributed by atoms with E-state index in [1.54, 1.807) is 26.9 Å². The Balaban J connectivity index is 1.66. The molecule has 3 fully saturated rings. The maximum Gasteiger partial charge on any atom is 0.248 e. The molecule has 5 rings (SSSR count). The number of carbonyl (C=O) groups is 3. The topological polar surface area (TPSA) is 99.6 Å². The Morgan fingerprint density at radius 1 is 1.08 bits per heavy atom. The van der Waals surface area contributed by atoms with E-state index in [1.165, 1.54) is 0 Å². The first-order valence-corrected chi connectivity index (χ1v) is 17.3. The predicted octanol–water partition coefficient (Wildman–Crippen LogP) is 5.55. The second kappa shape index (κ2) is 14.3. The molecule has 3 aliphatic rings. The van der Waals surface area contributed by atoms with Crippen LogP contribution < -0.4 is 9.64 Å². The molecule has 2 bridgehead atoms. The zero-order chi connectivity index (χ0) is 34.8. The van der Waals surface area contributed by atoms with E-state index >= 15 is 9.59 Å². The van der Waals surface area contributed by atoms with Crippen molar-refractivity contribution in [2.45, 2.75) is 83.2 Å². The molecule has 0 radical (unpaired) electrons. The van der Waals surface area contributed by atoms with Crippen LogP contribution in [0.1, 0.15) is 65.5 Å². The number of fused-ring (bicyclic) bond motifs is 1. The quantitative estimate of drug-likeness (QED) is 0.252. The largest absolute Gasteiger partial charge is 0.494 e. The van der Waals surface area contributed by atoms with Crippen LogP contribution in [0.2, 0.25) is 0 Å². The number of nitrogens with zero attached hydrogens (tertiary/aromatic N) is 3. The minimum atomic E-state index is -1.27. The smallest absolute Gasteiger partial charge is 0.248 e. The SMILES string of the molecule is C=CCN(C(=O)[C@@H]1[C@H]2C(=O)N([C@H](CO)c3ccccc3)C(C(=O)N(CC=C)C(C)CCC)C23CC(C)[C@@]1(C)O3)c1ccc(OCC)cc1. The van der Waals surface area contributed by atoms with Gasteiger partial charge in [-0.1, -0.05) is 62.8 Å². The Morgan fingerprint density at radius 2 is 1.75 bits per heavy atom. The van der Waals surface area contributed by atoms with Crippen molar-refractivity contribution < 1.29 is 29.0 Å². The standard InChI is InChI=1S/C39H51N3O6/c1-8-15-27(6)40(22-9-2)37(46)34-39-24-26(5)38(7,48-39)32(33(39)36(45)42(34)31(25-43)28-16-13-12-14-17-28)35(44)41(23-10-3)29-18-20-30(21-19-29)47-11-4/h9-10,12-14,16-21,26-27,31-34,43H,2-3,8,11,15,22-25H2,1,4-7H3/t26?,27?,31-,32+,33+,34?,38-,39?/m1/s1. The van der Waals surface area contributed by atoms with Gasteiger partial charge >= 0.3 is 0 Å². The van der Waals surface area contributed by atoms with E-state index in [0.29, 0.717) is 36.6 Å². The van der Waals surface area contributed by atoms with Crippen molar-refractivity contribution in [3.63, 3.8) is 0 Å². The van der Waals surface area contributed by atoms with E-state index in [9.17, 15) is 9.90 Å². The molecule has 3 saturated heterocycles. The van der Waals surface area contributed by atoms with Crippen LogP contribution in [-0.2, 0) is 19.1 Å². The highest BCUT2D eigenvalue weighted by atomic mass is 16.5. The van der Waals surface area contributed by atoms with E-state index in [0.717, 1.165) is 12.8 Å². The van der Waals surface area contributed by atoms with Gasteiger partial charge in [-0.3, -0.25) is 14.4 Å². The van der Waals surface area contributed by atoms with E-state index in [4.69, 9.17) is 9.47 Å². The fraction of sp³-hybridized carbons (Fsp3) is 0.513. The van der Waals surface area contributed by atoms with Crippen LogP contribution in [-0.4, -0.2) is 82.2 Å². The highest BCUT2D eigenvalue weighted by Crippen LogP contribution is 2.66. The van der Waals surface area contributed by atoms with Crippen LogP contribution in [0.25, 0.3) is 0 Å². The molecule has 9 heteroatoms. The number of ether oxygens (including phenoxy) is 2. The summed E-state index contributed by atoms with van der Waals surface area (Å²) in [6.45, 7) is 18.4. The molecule has 2 aromatic carbocycles. The summed E-state index contributed by atoms with van der Waals surface area (Å²) in [5.41, 5.74) is -0.922. The molecule has 0 saturated carbocycles. The van der Waals surface area contributed by atoms with Gasteiger partial charge in [0.25, 0.3) is 0 Å². The summed E-state index contributed by atoms with van der Waals surface area (Å²) in [5.74, 6) is -2.12. The summed E-state index contributed by atoms with van der Waals surface area (Å²) < 4.78 is 12.7. The number of hydrogen-bond donors (Lipinski definition) is 1. The van der Waals surface area contributed by atoms with E-state index < -0.39 is 41.7 Å². The van der Waals surface area contributed by atoms with Crippen molar-refractivity contribution in [1.29, 1.82) is 0 Å². The van der Waals surface area contributed by atoms with E-state index in [-0.39, 0.29) is 36.2 Å². The summed E-state index contributed by atoms with van der Waals surface area (Å²) in [6.07, 6.45) is 5.44. The highest BCUT2D eigenvalue weighted by molar-refractivity contribution is 6.03. The number of carbonyl (C=O) groups excluding carboxylic acids is 3. The Bertz CT molecular complexity index is 1500. The molecule has 0 aromatic heterocycles. The molecule has 9 nitrogen and oxygen atoms in total. The lowest BCUT2D eigenvalue weighted by Crippen LogP contribution is -2.58. The Hall–Kier alpha value is -3.95. The third kappa shape index (κ3) is 5.75. The monoisotopic (exact) mass is 657 g/mol. The number of likely N-dealkylation sites (tertiary alicyclic amines) is 1. The molecule has 3 aliphatic heterocycles. The first kappa shape index (κ1) is 35.4. The van der Waals surface area contributed by atoms with Crippen molar-refractivity contribution >= 4 is 23.4 Å². The van der Waals surface area contributed by atoms with Crippen molar-refractivity contribution in [3.05, 3.63) is 85.5 Å². The molecular weight excluding hydrogens is 606 g/mol. The molecule has 8 atom stereocenters. The normalized spacial score (nSPS) is 28.5.